The highest BCUT2D eigenvalue weighted by atomic mass is 32.2. The Morgan fingerprint density at radius 3 is 1.20 bits per heavy atom. The molecule has 2 fully saturated rings. The van der Waals surface area contributed by atoms with Gasteiger partial charge in [0, 0.05) is 10.5 Å². The predicted molar refractivity (Wildman–Crippen MR) is 70.2 cm³/mol. The smallest absolute Gasteiger partial charge is 0.00555 e. The SMILES string of the molecule is CC1SC(C)C2C(C)C(C)C(C)C(C)C12. The molecule has 0 nitrogen and oxygen atoms in total. The minimum absolute atomic E-state index is 0.886. The monoisotopic (exact) mass is 226 g/mol. The van der Waals surface area contributed by atoms with Gasteiger partial charge in [-0.15, -0.1) is 0 Å². The molecule has 8 unspecified atom stereocenters. The first kappa shape index (κ1) is 11.8. The summed E-state index contributed by atoms with van der Waals surface area (Å²) in [6.07, 6.45) is 0. The quantitative estimate of drug-likeness (QED) is 0.593. The lowest BCUT2D eigenvalue weighted by Crippen LogP contribution is -2.44. The van der Waals surface area contributed by atoms with E-state index in [2.05, 4.69) is 53.3 Å². The number of rotatable bonds is 0. The van der Waals surface area contributed by atoms with E-state index >= 15 is 0 Å². The van der Waals surface area contributed by atoms with E-state index in [0.717, 1.165) is 46.0 Å². The zero-order valence-corrected chi connectivity index (χ0v) is 11.8. The molecule has 1 aliphatic carbocycles. The fourth-order valence-corrected chi connectivity index (χ4v) is 6.26. The van der Waals surface area contributed by atoms with E-state index in [0.29, 0.717) is 0 Å². The average Bonchev–Trinajstić information content (AvgIpc) is 2.47. The van der Waals surface area contributed by atoms with Crippen LogP contribution in [0, 0.1) is 35.5 Å². The maximum atomic E-state index is 2.50. The third-order valence-corrected chi connectivity index (χ3v) is 7.15. The molecule has 1 saturated heterocycles. The Bertz CT molecular complexity index is 213. The summed E-state index contributed by atoms with van der Waals surface area (Å²) in [7, 11) is 0. The van der Waals surface area contributed by atoms with E-state index in [-0.39, 0.29) is 0 Å². The van der Waals surface area contributed by atoms with Crippen molar-refractivity contribution in [2.45, 2.75) is 52.0 Å². The van der Waals surface area contributed by atoms with Crippen LogP contribution in [0.2, 0.25) is 0 Å². The molecule has 1 aliphatic heterocycles. The summed E-state index contributed by atoms with van der Waals surface area (Å²) in [6.45, 7) is 14.9. The Balaban J connectivity index is 2.28. The van der Waals surface area contributed by atoms with Crippen molar-refractivity contribution in [2.24, 2.45) is 35.5 Å². The van der Waals surface area contributed by atoms with Crippen LogP contribution < -0.4 is 0 Å². The van der Waals surface area contributed by atoms with Gasteiger partial charge in [0.2, 0.25) is 0 Å². The molecule has 1 saturated carbocycles. The number of hydrogen-bond acceptors (Lipinski definition) is 1. The van der Waals surface area contributed by atoms with Gasteiger partial charge in [-0.1, -0.05) is 41.5 Å². The average molecular weight is 226 g/mol. The Labute approximate surface area is 99.6 Å². The highest BCUT2D eigenvalue weighted by Crippen LogP contribution is 2.57. The molecule has 0 amide bonds. The van der Waals surface area contributed by atoms with Gasteiger partial charge in [-0.25, -0.2) is 0 Å². The lowest BCUT2D eigenvalue weighted by molar-refractivity contribution is 0.0214. The van der Waals surface area contributed by atoms with E-state index in [1.165, 1.54) is 0 Å². The van der Waals surface area contributed by atoms with Crippen molar-refractivity contribution in [3.63, 3.8) is 0 Å². The van der Waals surface area contributed by atoms with Gasteiger partial charge in [0.25, 0.3) is 0 Å². The summed E-state index contributed by atoms with van der Waals surface area (Å²) in [5, 5.41) is 1.77. The zero-order valence-electron chi connectivity index (χ0n) is 11.0. The van der Waals surface area contributed by atoms with Gasteiger partial charge in [-0.05, 0) is 35.5 Å². The maximum Gasteiger partial charge on any atom is 0.00555 e. The third kappa shape index (κ3) is 1.66. The largest absolute Gasteiger partial charge is 0.155 e. The Kier molecular flexibility index (Phi) is 3.14. The minimum atomic E-state index is 0.886. The molecule has 1 heteroatoms. The Morgan fingerprint density at radius 2 is 0.867 bits per heavy atom. The van der Waals surface area contributed by atoms with Gasteiger partial charge in [-0.3, -0.25) is 0 Å². The van der Waals surface area contributed by atoms with E-state index in [1.54, 1.807) is 0 Å². The molecule has 8 atom stereocenters. The van der Waals surface area contributed by atoms with Crippen LogP contribution >= 0.6 is 11.8 Å². The van der Waals surface area contributed by atoms with Crippen molar-refractivity contribution >= 4 is 11.8 Å². The predicted octanol–water partition coefficient (Wildman–Crippen LogP) is 4.30. The highest BCUT2D eigenvalue weighted by molar-refractivity contribution is 8.00. The second kappa shape index (κ2) is 3.98. The fourth-order valence-electron chi connectivity index (χ4n) is 4.36. The molecule has 0 N–H and O–H groups in total. The lowest BCUT2D eigenvalue weighted by Gasteiger charge is -2.47. The van der Waals surface area contributed by atoms with Gasteiger partial charge >= 0.3 is 0 Å². The van der Waals surface area contributed by atoms with Crippen molar-refractivity contribution in [1.82, 2.24) is 0 Å². The molecule has 1 heterocycles. The number of fused-ring (bicyclic) bond motifs is 1. The first-order valence-corrected chi connectivity index (χ1v) is 7.54. The normalized spacial score (nSPS) is 60.4. The van der Waals surface area contributed by atoms with Crippen LogP contribution in [0.1, 0.15) is 41.5 Å². The van der Waals surface area contributed by atoms with Crippen LogP contribution in [-0.4, -0.2) is 10.5 Å². The van der Waals surface area contributed by atoms with Crippen LogP contribution in [0.4, 0.5) is 0 Å². The summed E-state index contributed by atoms with van der Waals surface area (Å²) in [5.41, 5.74) is 0. The zero-order chi connectivity index (χ0) is 11.3. The molecular weight excluding hydrogens is 200 g/mol. The van der Waals surface area contributed by atoms with E-state index in [9.17, 15) is 0 Å². The van der Waals surface area contributed by atoms with E-state index in [4.69, 9.17) is 0 Å². The van der Waals surface area contributed by atoms with Crippen LogP contribution in [0.5, 0.6) is 0 Å². The fraction of sp³-hybridized carbons (Fsp3) is 1.00. The van der Waals surface area contributed by atoms with E-state index in [1.807, 2.05) is 0 Å². The van der Waals surface area contributed by atoms with Crippen LogP contribution in [-0.2, 0) is 0 Å². The van der Waals surface area contributed by atoms with Gasteiger partial charge in [0.15, 0.2) is 0 Å². The van der Waals surface area contributed by atoms with Crippen molar-refractivity contribution in [1.29, 1.82) is 0 Å². The van der Waals surface area contributed by atoms with Crippen molar-refractivity contribution in [3.8, 4) is 0 Å². The molecular formula is C14H26S. The molecule has 0 radical (unpaired) electrons. The second-order valence-corrected chi connectivity index (χ2v) is 7.90. The summed E-state index contributed by atoms with van der Waals surface area (Å²) in [5.74, 6) is 5.63. The Hall–Kier alpha value is 0.350. The first-order valence-electron chi connectivity index (χ1n) is 6.60. The van der Waals surface area contributed by atoms with E-state index < -0.39 is 0 Å². The van der Waals surface area contributed by atoms with Crippen LogP contribution in [0.15, 0.2) is 0 Å². The molecule has 2 rings (SSSR count). The summed E-state index contributed by atoms with van der Waals surface area (Å²) in [4.78, 5) is 0. The summed E-state index contributed by atoms with van der Waals surface area (Å²) < 4.78 is 0. The Morgan fingerprint density at radius 1 is 0.533 bits per heavy atom. The van der Waals surface area contributed by atoms with Crippen LogP contribution in [0.25, 0.3) is 0 Å². The van der Waals surface area contributed by atoms with Gasteiger partial charge in [0.05, 0.1) is 0 Å². The molecule has 88 valence electrons. The van der Waals surface area contributed by atoms with Crippen molar-refractivity contribution in [3.05, 3.63) is 0 Å². The standard InChI is InChI=1S/C14H26S/c1-7-8(2)10(4)14-12(6)15-11(5)13(14)9(7)3/h7-14H,1-6H3. The summed E-state index contributed by atoms with van der Waals surface area (Å²) >= 11 is 2.24. The first-order chi connectivity index (χ1) is 6.95. The molecule has 2 aliphatic rings. The lowest BCUT2D eigenvalue weighted by atomic mass is 9.57. The summed E-state index contributed by atoms with van der Waals surface area (Å²) in [6, 6.07) is 0. The number of thioether (sulfide) groups is 1. The van der Waals surface area contributed by atoms with Crippen molar-refractivity contribution in [2.75, 3.05) is 0 Å². The topological polar surface area (TPSA) is 0 Å². The van der Waals surface area contributed by atoms with Gasteiger partial charge in [0.1, 0.15) is 0 Å². The molecule has 0 aromatic carbocycles. The number of hydrogen-bond donors (Lipinski definition) is 0. The highest BCUT2D eigenvalue weighted by Gasteiger charge is 2.51. The second-order valence-electron chi connectivity index (χ2n) is 6.14. The van der Waals surface area contributed by atoms with Gasteiger partial charge < -0.3 is 0 Å². The van der Waals surface area contributed by atoms with Crippen molar-refractivity contribution < 1.29 is 0 Å². The molecule has 0 aromatic heterocycles. The molecule has 15 heavy (non-hydrogen) atoms. The molecule has 0 spiro atoms. The molecule has 0 bridgehead atoms. The maximum absolute atomic E-state index is 2.50. The minimum Gasteiger partial charge on any atom is -0.155 e. The third-order valence-electron chi connectivity index (χ3n) is 5.66. The van der Waals surface area contributed by atoms with Gasteiger partial charge in [-0.2, -0.15) is 11.8 Å². The molecule has 0 aromatic rings. The van der Waals surface area contributed by atoms with Crippen LogP contribution in [0.3, 0.4) is 0 Å².